The third kappa shape index (κ3) is 6.40. The van der Waals surface area contributed by atoms with Gasteiger partial charge in [-0.3, -0.25) is 10.1 Å². The molecular formula is C12H11NO5PS+. The van der Waals surface area contributed by atoms with Crippen LogP contribution in [-0.4, -0.2) is 14.7 Å². The van der Waals surface area contributed by atoms with Gasteiger partial charge in [-0.2, -0.15) is 0 Å². The topological polar surface area (TPSA) is 101 Å². The fourth-order valence-electron chi connectivity index (χ4n) is 1.26. The Hall–Kier alpha value is -1.79. The van der Waals surface area contributed by atoms with Crippen LogP contribution in [0.1, 0.15) is 0 Å². The monoisotopic (exact) mass is 312 g/mol. The first kappa shape index (κ1) is 16.3. The summed E-state index contributed by atoms with van der Waals surface area (Å²) in [6.07, 6.45) is 0. The zero-order valence-electron chi connectivity index (χ0n) is 10.1. The zero-order valence-corrected chi connectivity index (χ0v) is 11.8. The van der Waals surface area contributed by atoms with Crippen molar-refractivity contribution in [2.24, 2.45) is 0 Å². The van der Waals surface area contributed by atoms with Crippen molar-refractivity contribution in [3.8, 4) is 0 Å². The summed E-state index contributed by atoms with van der Waals surface area (Å²) in [5.74, 6) is 0. The lowest BCUT2D eigenvalue weighted by Gasteiger charge is -2.00. The molecule has 104 valence electrons. The van der Waals surface area contributed by atoms with Gasteiger partial charge in [-0.15, -0.1) is 9.79 Å². The van der Waals surface area contributed by atoms with Gasteiger partial charge in [0.05, 0.1) is 4.92 Å². The van der Waals surface area contributed by atoms with Crippen LogP contribution in [0.25, 0.3) is 0 Å². The number of hydrogen-bond acceptors (Lipinski definition) is 4. The van der Waals surface area contributed by atoms with Gasteiger partial charge in [0.1, 0.15) is 0 Å². The molecule has 0 saturated carbocycles. The van der Waals surface area contributed by atoms with Gasteiger partial charge in [0, 0.05) is 26.5 Å². The molecule has 0 aromatic heterocycles. The molecule has 0 saturated heterocycles. The van der Waals surface area contributed by atoms with Crippen LogP contribution in [0.4, 0.5) is 5.69 Å². The van der Waals surface area contributed by atoms with E-state index >= 15 is 0 Å². The molecule has 0 atom stereocenters. The van der Waals surface area contributed by atoms with Crippen molar-refractivity contribution in [2.45, 2.75) is 9.79 Å². The maximum absolute atomic E-state index is 10.5. The molecule has 0 unspecified atom stereocenters. The summed E-state index contributed by atoms with van der Waals surface area (Å²) in [5.41, 5.74) is 0.123. The molecule has 2 rings (SSSR count). The highest BCUT2D eigenvalue weighted by Crippen LogP contribution is 2.28. The summed E-state index contributed by atoms with van der Waals surface area (Å²) in [6.45, 7) is 0. The van der Waals surface area contributed by atoms with E-state index in [0.717, 1.165) is 9.79 Å². The third-order valence-electron chi connectivity index (χ3n) is 2.03. The summed E-state index contributed by atoms with van der Waals surface area (Å²) < 4.78 is 8.70. The molecule has 0 heterocycles. The van der Waals surface area contributed by atoms with Gasteiger partial charge in [-0.05, 0) is 24.3 Å². The predicted molar refractivity (Wildman–Crippen MR) is 75.7 cm³/mol. The molecule has 0 aliphatic rings. The minimum atomic E-state index is -2.87. The van der Waals surface area contributed by atoms with Crippen LogP contribution >= 0.6 is 20.0 Å². The highest BCUT2D eigenvalue weighted by molar-refractivity contribution is 7.99. The van der Waals surface area contributed by atoms with E-state index in [1.54, 1.807) is 23.9 Å². The lowest BCUT2D eigenvalue weighted by atomic mass is 10.3. The van der Waals surface area contributed by atoms with Crippen molar-refractivity contribution in [2.75, 3.05) is 0 Å². The highest BCUT2D eigenvalue weighted by atomic mass is 32.2. The molecule has 0 fully saturated rings. The van der Waals surface area contributed by atoms with Gasteiger partial charge in [-0.1, -0.05) is 30.0 Å². The summed E-state index contributed by atoms with van der Waals surface area (Å²) in [7, 11) is -2.87. The summed E-state index contributed by atoms with van der Waals surface area (Å²) in [5, 5.41) is 10.5. The lowest BCUT2D eigenvalue weighted by Crippen LogP contribution is -1.86. The average molecular weight is 312 g/mol. The molecule has 0 radical (unpaired) electrons. The summed E-state index contributed by atoms with van der Waals surface area (Å²) in [4.78, 5) is 26.4. The van der Waals surface area contributed by atoms with Crippen molar-refractivity contribution in [1.29, 1.82) is 0 Å². The van der Waals surface area contributed by atoms with Crippen LogP contribution in [0.5, 0.6) is 0 Å². The second kappa shape index (κ2) is 8.39. The first-order valence-electron chi connectivity index (χ1n) is 5.31. The Morgan fingerprint density at radius 2 is 1.40 bits per heavy atom. The van der Waals surface area contributed by atoms with E-state index in [0.29, 0.717) is 0 Å². The van der Waals surface area contributed by atoms with Gasteiger partial charge >= 0.3 is 8.25 Å². The normalized spacial score (nSPS) is 9.30. The standard InChI is InChI=1S/C12H9NO2S.HO3P/c14-13(15)10-6-8-12(9-7-10)16-11-4-2-1-3-5-11;1-4(2)3/h1-9H;(H-,1,2,3)/p+1. The van der Waals surface area contributed by atoms with E-state index in [2.05, 4.69) is 0 Å². The summed E-state index contributed by atoms with van der Waals surface area (Å²) in [6, 6.07) is 16.5. The Morgan fingerprint density at radius 3 is 1.85 bits per heavy atom. The van der Waals surface area contributed by atoms with E-state index in [4.69, 9.17) is 14.4 Å². The molecule has 6 nitrogen and oxygen atoms in total. The van der Waals surface area contributed by atoms with Gasteiger partial charge < -0.3 is 0 Å². The maximum Gasteiger partial charge on any atom is 0.692 e. The molecule has 2 aromatic rings. The second-order valence-electron chi connectivity index (χ2n) is 3.42. The van der Waals surface area contributed by atoms with E-state index < -0.39 is 13.2 Å². The quantitative estimate of drug-likeness (QED) is 0.512. The van der Waals surface area contributed by atoms with Crippen LogP contribution in [0.15, 0.2) is 64.4 Å². The van der Waals surface area contributed by atoms with Gasteiger partial charge in [0.15, 0.2) is 0 Å². The molecule has 8 heteroatoms. The SMILES string of the molecule is O=[N+]([O-])c1ccc(Sc2ccccc2)cc1.O=[P+](O)O. The van der Waals surface area contributed by atoms with Gasteiger partial charge in [0.25, 0.3) is 5.69 Å². The van der Waals surface area contributed by atoms with Crippen LogP contribution in [0.2, 0.25) is 0 Å². The number of nitro benzene ring substituents is 1. The number of nitrogens with zero attached hydrogens (tertiary/aromatic N) is 1. The molecule has 0 aliphatic carbocycles. The van der Waals surface area contributed by atoms with E-state index in [9.17, 15) is 10.1 Å². The second-order valence-corrected chi connectivity index (χ2v) is 5.07. The molecule has 0 amide bonds. The van der Waals surface area contributed by atoms with Gasteiger partial charge in [-0.25, -0.2) is 0 Å². The number of benzene rings is 2. The van der Waals surface area contributed by atoms with Crippen LogP contribution in [0.3, 0.4) is 0 Å². The molecular weight excluding hydrogens is 301 g/mol. The zero-order chi connectivity index (χ0) is 15.0. The van der Waals surface area contributed by atoms with Crippen LogP contribution in [0, 0.1) is 10.1 Å². The molecule has 0 spiro atoms. The molecule has 0 bridgehead atoms. The number of hydrogen-bond donors (Lipinski definition) is 2. The maximum atomic E-state index is 10.5. The fraction of sp³-hybridized carbons (Fsp3) is 0. The van der Waals surface area contributed by atoms with Crippen molar-refractivity contribution >= 4 is 25.7 Å². The third-order valence-corrected chi connectivity index (χ3v) is 3.04. The Morgan fingerprint density at radius 1 is 0.950 bits per heavy atom. The van der Waals surface area contributed by atoms with Crippen molar-refractivity contribution < 1.29 is 19.3 Å². The molecule has 2 N–H and O–H groups in total. The molecule has 20 heavy (non-hydrogen) atoms. The van der Waals surface area contributed by atoms with Gasteiger partial charge in [0.2, 0.25) is 0 Å². The summed E-state index contributed by atoms with van der Waals surface area (Å²) >= 11 is 1.59. The minimum absolute atomic E-state index is 0.123. The van der Waals surface area contributed by atoms with Crippen LogP contribution < -0.4 is 0 Å². The predicted octanol–water partition coefficient (Wildman–Crippen LogP) is 3.37. The number of rotatable bonds is 3. The average Bonchev–Trinajstić information content (AvgIpc) is 2.40. The first-order valence-corrected chi connectivity index (χ1v) is 7.29. The lowest BCUT2D eigenvalue weighted by molar-refractivity contribution is -0.384. The van der Waals surface area contributed by atoms with Crippen LogP contribution in [-0.2, 0) is 4.57 Å². The Bertz CT molecular complexity index is 572. The largest absolute Gasteiger partial charge is 0.692 e. The van der Waals surface area contributed by atoms with E-state index in [1.165, 1.54) is 12.1 Å². The molecule has 0 aliphatic heterocycles. The first-order chi connectivity index (χ1) is 9.49. The van der Waals surface area contributed by atoms with E-state index in [1.807, 2.05) is 30.3 Å². The number of non-ortho nitro benzene ring substituents is 1. The Kier molecular flexibility index (Phi) is 6.83. The van der Waals surface area contributed by atoms with E-state index in [-0.39, 0.29) is 5.69 Å². The fourth-order valence-corrected chi connectivity index (χ4v) is 2.10. The smallest absolute Gasteiger partial charge is 0.258 e. The minimum Gasteiger partial charge on any atom is -0.258 e. The number of nitro groups is 1. The Balaban J connectivity index is 0.000000444. The van der Waals surface area contributed by atoms with Crippen molar-refractivity contribution in [3.05, 3.63) is 64.7 Å². The van der Waals surface area contributed by atoms with Crippen molar-refractivity contribution in [1.82, 2.24) is 0 Å². The highest BCUT2D eigenvalue weighted by Gasteiger charge is 2.04. The Labute approximate surface area is 120 Å². The van der Waals surface area contributed by atoms with Crippen molar-refractivity contribution in [3.63, 3.8) is 0 Å². The molecule has 2 aromatic carbocycles.